The van der Waals surface area contributed by atoms with Crippen LogP contribution in [0.2, 0.25) is 0 Å². The molecule has 0 saturated carbocycles. The number of nitrogens with two attached hydrogens (primary N) is 2. The van der Waals surface area contributed by atoms with Gasteiger partial charge in [-0.05, 0) is 37.1 Å². The van der Waals surface area contributed by atoms with Crippen LogP contribution in [0.3, 0.4) is 0 Å². The Balaban J connectivity index is 0.000000297. The zero-order valence-corrected chi connectivity index (χ0v) is 32.2. The van der Waals surface area contributed by atoms with E-state index in [9.17, 15) is 38.0 Å². The average Bonchev–Trinajstić information content (AvgIpc) is 3.15. The van der Waals surface area contributed by atoms with Crippen molar-refractivity contribution < 1.29 is 38.1 Å². The number of nitrogens with zero attached hydrogens (tertiary/aromatic N) is 6. The van der Waals surface area contributed by atoms with Gasteiger partial charge >= 0.3 is 25.3 Å². The third-order valence-corrected chi connectivity index (χ3v) is 10.1. The van der Waals surface area contributed by atoms with Gasteiger partial charge in [-0.3, -0.25) is 23.9 Å². The van der Waals surface area contributed by atoms with Gasteiger partial charge in [-0.15, -0.1) is 23.2 Å². The number of rotatable bonds is 14. The van der Waals surface area contributed by atoms with E-state index >= 15 is 0 Å². The number of fused-ring (bicyclic) bond motifs is 1. The van der Waals surface area contributed by atoms with Crippen molar-refractivity contribution >= 4 is 77.3 Å². The molecule has 1 fully saturated rings. The standard InChI is InChI=1S/C20H22N8O5.C7H15Cl2N2O2P.C4H3FN2O2/c1-28(9-11-8-23-17-15(24-11)16(21)26-20(22)27-17)12-4-2-10(3-5-12)18(31)25-13(19(32)33)6-7-14(29)30;8-2-5-11(6-3-9)14(12)10-4-1-7-13-14;5-2-1-6-4(9)7-3(2)8/h2-5,8,13H,6-7,9H2,1H3,(H,25,31)(H,29,30)(H,32,33)(H4,21,22,23,26,27);1-7H2,(H,10,12);1H,(H2,6,7,8,9)/t13-;;/m0../s1. The van der Waals surface area contributed by atoms with E-state index in [1.165, 1.54) is 12.1 Å². The van der Waals surface area contributed by atoms with Crippen molar-refractivity contribution in [1.29, 1.82) is 0 Å². The van der Waals surface area contributed by atoms with Gasteiger partial charge in [0, 0.05) is 62.3 Å². The van der Waals surface area contributed by atoms with Crippen molar-refractivity contribution in [2.45, 2.75) is 31.8 Å². The molecule has 4 heterocycles. The largest absolute Gasteiger partial charge is 0.481 e. The third kappa shape index (κ3) is 13.8. The normalized spacial score (nSPS) is 15.4. The monoisotopic (exact) mass is 844 g/mol. The predicted octanol–water partition coefficient (Wildman–Crippen LogP) is 1.35. The zero-order chi connectivity index (χ0) is 41.4. The molecule has 56 heavy (non-hydrogen) atoms. The molecule has 4 aromatic rings. The molecule has 1 amide bonds. The smallest absolute Gasteiger partial charge is 0.343 e. The summed E-state index contributed by atoms with van der Waals surface area (Å²) in [7, 11) is -1.03. The molecule has 5 rings (SSSR count). The highest BCUT2D eigenvalue weighted by Crippen LogP contribution is 2.48. The van der Waals surface area contributed by atoms with E-state index in [-0.39, 0.29) is 30.2 Å². The van der Waals surface area contributed by atoms with Gasteiger partial charge in [-0.25, -0.2) is 29.3 Å². The number of hydrogen-bond acceptors (Lipinski definition) is 14. The summed E-state index contributed by atoms with van der Waals surface area (Å²) >= 11 is 11.2. The topological polar surface area (TPSA) is 318 Å². The lowest BCUT2D eigenvalue weighted by molar-refractivity contribution is -0.140. The van der Waals surface area contributed by atoms with E-state index in [4.69, 9.17) is 44.3 Å². The fraction of sp³-hybridized carbons (Fsp3) is 0.387. The Kier molecular flexibility index (Phi) is 17.5. The Hall–Kier alpha value is -5.25. The average molecular weight is 846 g/mol. The maximum absolute atomic E-state index is 12.4. The molecule has 0 spiro atoms. The van der Waals surface area contributed by atoms with E-state index in [0.717, 1.165) is 18.7 Å². The van der Waals surface area contributed by atoms with Gasteiger partial charge in [0.15, 0.2) is 17.0 Å². The van der Waals surface area contributed by atoms with Crippen LogP contribution in [0.5, 0.6) is 0 Å². The number of halogens is 3. The lowest BCUT2D eigenvalue weighted by Gasteiger charge is -2.33. The van der Waals surface area contributed by atoms with Crippen LogP contribution in [0.15, 0.2) is 46.2 Å². The lowest BCUT2D eigenvalue weighted by atomic mass is 10.1. The molecule has 1 aliphatic rings. The van der Waals surface area contributed by atoms with Gasteiger partial charge in [-0.1, -0.05) is 0 Å². The fourth-order valence-corrected chi connectivity index (χ4v) is 7.34. The zero-order valence-electron chi connectivity index (χ0n) is 29.8. The summed E-state index contributed by atoms with van der Waals surface area (Å²) in [5, 5.41) is 23.2. The molecule has 25 heteroatoms. The summed E-state index contributed by atoms with van der Waals surface area (Å²) in [5.74, 6) is -3.05. The van der Waals surface area contributed by atoms with Crippen molar-refractivity contribution in [2.75, 3.05) is 61.4 Å². The third-order valence-electron chi connectivity index (χ3n) is 7.45. The number of hydrogen-bond donors (Lipinski definition) is 8. The van der Waals surface area contributed by atoms with Gasteiger partial charge in [-0.2, -0.15) is 14.4 Å². The molecule has 1 aliphatic heterocycles. The predicted molar refractivity (Wildman–Crippen MR) is 205 cm³/mol. The highest BCUT2D eigenvalue weighted by atomic mass is 35.5. The second-order valence-corrected chi connectivity index (χ2v) is 14.5. The Bertz CT molecular complexity index is 2110. The number of aromatic nitrogens is 6. The minimum atomic E-state index is -2.84. The Labute approximate surface area is 327 Å². The minimum Gasteiger partial charge on any atom is -0.481 e. The van der Waals surface area contributed by atoms with Crippen LogP contribution >= 0.6 is 30.9 Å². The highest BCUT2D eigenvalue weighted by molar-refractivity contribution is 7.54. The van der Waals surface area contributed by atoms with Crippen LogP contribution in [0, 0.1) is 5.82 Å². The first-order valence-corrected chi connectivity index (χ1v) is 19.2. The van der Waals surface area contributed by atoms with E-state index < -0.39 is 48.6 Å². The summed E-state index contributed by atoms with van der Waals surface area (Å²) in [6, 6.07) is 5.16. The first kappa shape index (κ1) is 45.1. The van der Waals surface area contributed by atoms with Crippen LogP contribution in [0.25, 0.3) is 11.2 Å². The number of carboxylic acid groups (broad SMARTS) is 2. The van der Waals surface area contributed by atoms with E-state index in [1.54, 1.807) is 28.0 Å². The number of nitrogens with one attached hydrogen (secondary N) is 4. The van der Waals surface area contributed by atoms with Gasteiger partial charge < -0.3 is 41.4 Å². The first-order chi connectivity index (χ1) is 26.6. The second-order valence-electron chi connectivity index (χ2n) is 11.6. The number of amides is 1. The van der Waals surface area contributed by atoms with Crippen molar-refractivity contribution in [3.63, 3.8) is 0 Å². The molecule has 3 aromatic heterocycles. The molecule has 304 valence electrons. The van der Waals surface area contributed by atoms with E-state index in [0.29, 0.717) is 61.1 Å². The molecule has 10 N–H and O–H groups in total. The number of aliphatic carboxylic acids is 2. The van der Waals surface area contributed by atoms with Crippen LogP contribution in [0.4, 0.5) is 21.8 Å². The number of alkyl halides is 2. The summed E-state index contributed by atoms with van der Waals surface area (Å²) in [5.41, 5.74) is 11.9. The molecule has 1 unspecified atom stereocenters. The summed E-state index contributed by atoms with van der Waals surface area (Å²) in [4.78, 5) is 76.7. The number of carbonyl (C=O) groups is 3. The second kappa shape index (κ2) is 21.7. The Morgan fingerprint density at radius 3 is 2.32 bits per heavy atom. The SMILES string of the molecule is CN(Cc1cnc2nc(N)nc(N)c2n1)c1ccc(C(=O)N[C@@H](CCC(=O)O)C(=O)O)cc1.O=P1(N(CCCl)CCCl)NCCCO1.O=c1[nH]cc(F)c(=O)[nH]1. The molecule has 0 radical (unpaired) electrons. The molecular weight excluding hydrogens is 805 g/mol. The van der Waals surface area contributed by atoms with E-state index in [1.807, 2.05) is 16.9 Å². The molecule has 1 aromatic carbocycles. The molecule has 21 nitrogen and oxygen atoms in total. The van der Waals surface area contributed by atoms with Crippen LogP contribution in [-0.4, -0.2) is 114 Å². The number of nitrogen functional groups attached to an aromatic ring is 2. The molecule has 1 saturated heterocycles. The number of carboxylic acids is 2. The summed E-state index contributed by atoms with van der Waals surface area (Å²) < 4.78 is 31.2. The van der Waals surface area contributed by atoms with Gasteiger partial charge in [0.2, 0.25) is 11.8 Å². The quantitative estimate of drug-likeness (QED) is 0.0656. The van der Waals surface area contributed by atoms with Gasteiger partial charge in [0.1, 0.15) is 6.04 Å². The van der Waals surface area contributed by atoms with E-state index in [2.05, 4.69) is 30.3 Å². The van der Waals surface area contributed by atoms with Crippen molar-refractivity contribution in [1.82, 2.24) is 45.0 Å². The minimum absolute atomic E-state index is 0.0138. The van der Waals surface area contributed by atoms with Crippen LogP contribution in [-0.2, 0) is 25.2 Å². The summed E-state index contributed by atoms with van der Waals surface area (Å²) in [6.45, 7) is 2.68. The number of benzene rings is 1. The van der Waals surface area contributed by atoms with Crippen LogP contribution < -0.4 is 38.0 Å². The number of carbonyl (C=O) groups excluding carboxylic acids is 1. The van der Waals surface area contributed by atoms with Gasteiger partial charge in [0.05, 0.1) is 25.0 Å². The Morgan fingerprint density at radius 1 is 1.09 bits per heavy atom. The highest BCUT2D eigenvalue weighted by Gasteiger charge is 2.33. The number of anilines is 3. The maximum Gasteiger partial charge on any atom is 0.343 e. The first-order valence-electron chi connectivity index (χ1n) is 16.5. The van der Waals surface area contributed by atoms with Crippen molar-refractivity contribution in [3.05, 3.63) is 74.6 Å². The molecular formula is C31H40Cl2FN12O9P. The molecule has 2 atom stereocenters. The van der Waals surface area contributed by atoms with Crippen molar-refractivity contribution in [2.24, 2.45) is 0 Å². The number of aromatic amines is 2. The lowest BCUT2D eigenvalue weighted by Crippen LogP contribution is -2.41. The molecule has 0 bridgehead atoms. The number of H-pyrrole nitrogens is 2. The van der Waals surface area contributed by atoms with Crippen LogP contribution in [0.1, 0.15) is 35.3 Å². The summed E-state index contributed by atoms with van der Waals surface area (Å²) in [6.07, 6.45) is 2.56. The van der Waals surface area contributed by atoms with Gasteiger partial charge in [0.25, 0.3) is 11.5 Å². The van der Waals surface area contributed by atoms with Crippen molar-refractivity contribution in [3.8, 4) is 0 Å². The maximum atomic E-state index is 12.4. The fourth-order valence-electron chi connectivity index (χ4n) is 4.70. The Morgan fingerprint density at radius 2 is 1.77 bits per heavy atom. The molecule has 0 aliphatic carbocycles.